The van der Waals surface area contributed by atoms with Gasteiger partial charge in [-0.2, -0.15) is 0 Å². The molecule has 2 aliphatic heterocycles. The van der Waals surface area contributed by atoms with Crippen molar-refractivity contribution in [2.75, 3.05) is 26.2 Å². The summed E-state index contributed by atoms with van der Waals surface area (Å²) >= 11 is 0. The number of hydrogen-bond acceptors (Lipinski definition) is 2. The minimum atomic E-state index is 1.05. The van der Waals surface area contributed by atoms with E-state index in [0.29, 0.717) is 0 Å². The Hall–Kier alpha value is -1.84. The molecule has 0 unspecified atom stereocenters. The molecule has 0 aromatic heterocycles. The van der Waals surface area contributed by atoms with Crippen LogP contribution < -0.4 is 10.6 Å². The Kier molecular flexibility index (Phi) is 5.31. The van der Waals surface area contributed by atoms with Crippen LogP contribution >= 0.6 is 0 Å². The number of benzene rings is 1. The fourth-order valence-corrected chi connectivity index (χ4v) is 3.70. The maximum atomic E-state index is 3.53. The highest BCUT2D eigenvalue weighted by atomic mass is 15.4. The van der Waals surface area contributed by atoms with Crippen molar-refractivity contribution < 1.29 is 4.48 Å². The number of nitrogens with zero attached hydrogens (tertiary/aromatic N) is 1. The average Bonchev–Trinajstić information content (AvgIpc) is 2.83. The van der Waals surface area contributed by atoms with Gasteiger partial charge >= 0.3 is 0 Å². The SMILES string of the molecule is CCCC1=CNC=CC=C1[N+]1(Cc2ccccc2)CCNCC1. The molecule has 3 rings (SSSR count). The highest BCUT2D eigenvalue weighted by Crippen LogP contribution is 2.31. The number of piperazine rings is 1. The molecule has 1 aromatic carbocycles. The van der Waals surface area contributed by atoms with Gasteiger partial charge in [0.2, 0.25) is 0 Å². The molecule has 122 valence electrons. The molecule has 23 heavy (non-hydrogen) atoms. The minimum Gasteiger partial charge on any atom is -0.367 e. The first-order valence-corrected chi connectivity index (χ1v) is 8.78. The molecule has 0 bridgehead atoms. The number of hydrogen-bond donors (Lipinski definition) is 2. The van der Waals surface area contributed by atoms with E-state index < -0.39 is 0 Å². The van der Waals surface area contributed by atoms with Gasteiger partial charge in [-0.3, -0.25) is 4.48 Å². The van der Waals surface area contributed by atoms with Crippen LogP contribution in [-0.4, -0.2) is 30.7 Å². The van der Waals surface area contributed by atoms with Crippen LogP contribution in [0.3, 0.4) is 0 Å². The Balaban J connectivity index is 1.97. The standard InChI is InChI=1S/C20H28N3/c1-2-7-19-16-22-11-6-10-20(19)23(14-12-21-13-15-23)17-18-8-4-3-5-9-18/h3-6,8-11,16,21-22H,2,7,12-15,17H2,1H3/q+1. The Morgan fingerprint density at radius 2 is 1.87 bits per heavy atom. The van der Waals surface area contributed by atoms with E-state index >= 15 is 0 Å². The summed E-state index contributed by atoms with van der Waals surface area (Å²) in [5.74, 6) is 0. The third-order valence-corrected chi connectivity index (χ3v) is 4.82. The van der Waals surface area contributed by atoms with Crippen LogP contribution in [0.2, 0.25) is 0 Å². The molecule has 0 atom stereocenters. The smallest absolute Gasteiger partial charge is 0.137 e. The van der Waals surface area contributed by atoms with Crippen molar-refractivity contribution in [3.05, 3.63) is 71.7 Å². The van der Waals surface area contributed by atoms with Crippen LogP contribution in [0.15, 0.2) is 66.2 Å². The summed E-state index contributed by atoms with van der Waals surface area (Å²) < 4.78 is 1.05. The molecular formula is C20H28N3+. The lowest BCUT2D eigenvalue weighted by atomic mass is 10.0. The quantitative estimate of drug-likeness (QED) is 0.816. The zero-order valence-electron chi connectivity index (χ0n) is 14.1. The molecule has 2 N–H and O–H groups in total. The van der Waals surface area contributed by atoms with Crippen LogP contribution in [0.25, 0.3) is 0 Å². The van der Waals surface area contributed by atoms with Crippen molar-refractivity contribution in [2.45, 2.75) is 26.3 Å². The van der Waals surface area contributed by atoms with Gasteiger partial charge in [-0.05, 0) is 12.5 Å². The molecular weight excluding hydrogens is 282 g/mol. The van der Waals surface area contributed by atoms with Crippen LogP contribution in [0, 0.1) is 0 Å². The van der Waals surface area contributed by atoms with Crippen molar-refractivity contribution in [2.24, 2.45) is 0 Å². The first-order chi connectivity index (χ1) is 11.3. The van der Waals surface area contributed by atoms with E-state index in [1.54, 1.807) is 0 Å². The van der Waals surface area contributed by atoms with E-state index in [0.717, 1.165) is 43.6 Å². The zero-order valence-corrected chi connectivity index (χ0v) is 14.1. The predicted molar refractivity (Wildman–Crippen MR) is 96.4 cm³/mol. The van der Waals surface area contributed by atoms with Crippen molar-refractivity contribution >= 4 is 0 Å². The molecule has 3 heteroatoms. The van der Waals surface area contributed by atoms with Crippen LogP contribution in [-0.2, 0) is 6.54 Å². The van der Waals surface area contributed by atoms with Crippen LogP contribution in [0.1, 0.15) is 25.3 Å². The number of nitrogens with one attached hydrogen (secondary N) is 2. The number of quaternary nitrogens is 1. The Labute approximate surface area is 140 Å². The largest absolute Gasteiger partial charge is 0.367 e. The summed E-state index contributed by atoms with van der Waals surface area (Å²) in [6, 6.07) is 10.9. The molecule has 1 saturated heterocycles. The van der Waals surface area contributed by atoms with Crippen LogP contribution in [0.4, 0.5) is 0 Å². The summed E-state index contributed by atoms with van der Waals surface area (Å²) in [6.45, 7) is 7.80. The summed E-state index contributed by atoms with van der Waals surface area (Å²) in [6.07, 6.45) is 11.0. The van der Waals surface area contributed by atoms with E-state index in [2.05, 4.69) is 66.2 Å². The molecule has 0 aliphatic carbocycles. The summed E-state index contributed by atoms with van der Waals surface area (Å²) in [7, 11) is 0. The average molecular weight is 310 g/mol. The molecule has 3 nitrogen and oxygen atoms in total. The van der Waals surface area contributed by atoms with E-state index in [-0.39, 0.29) is 0 Å². The van der Waals surface area contributed by atoms with E-state index in [9.17, 15) is 0 Å². The summed E-state index contributed by atoms with van der Waals surface area (Å²) in [5, 5.41) is 6.84. The molecule has 2 aliphatic rings. The zero-order chi connectivity index (χ0) is 16.0. The Morgan fingerprint density at radius 3 is 2.61 bits per heavy atom. The first-order valence-electron chi connectivity index (χ1n) is 8.78. The third-order valence-electron chi connectivity index (χ3n) is 4.82. The molecule has 0 radical (unpaired) electrons. The summed E-state index contributed by atoms with van der Waals surface area (Å²) in [4.78, 5) is 0. The molecule has 2 heterocycles. The fourth-order valence-electron chi connectivity index (χ4n) is 3.70. The minimum absolute atomic E-state index is 1.05. The third kappa shape index (κ3) is 3.74. The van der Waals surface area contributed by atoms with Gasteiger partial charge in [0.1, 0.15) is 12.2 Å². The topological polar surface area (TPSA) is 24.1 Å². The summed E-state index contributed by atoms with van der Waals surface area (Å²) in [5.41, 5.74) is 4.36. The molecule has 0 amide bonds. The monoisotopic (exact) mass is 310 g/mol. The predicted octanol–water partition coefficient (Wildman–Crippen LogP) is 3.29. The molecule has 0 saturated carbocycles. The normalized spacial score (nSPS) is 20.2. The maximum absolute atomic E-state index is 3.53. The van der Waals surface area contributed by atoms with Crippen molar-refractivity contribution in [3.63, 3.8) is 0 Å². The second-order valence-corrected chi connectivity index (χ2v) is 6.48. The van der Waals surface area contributed by atoms with E-state index in [1.807, 2.05) is 6.20 Å². The fraction of sp³-hybridized carbons (Fsp3) is 0.400. The van der Waals surface area contributed by atoms with Crippen molar-refractivity contribution in [1.82, 2.24) is 10.6 Å². The van der Waals surface area contributed by atoms with Crippen LogP contribution in [0.5, 0.6) is 0 Å². The van der Waals surface area contributed by atoms with E-state index in [4.69, 9.17) is 0 Å². The highest BCUT2D eigenvalue weighted by molar-refractivity contribution is 5.32. The van der Waals surface area contributed by atoms with Gasteiger partial charge < -0.3 is 10.6 Å². The lowest BCUT2D eigenvalue weighted by Crippen LogP contribution is -2.57. The Bertz CT molecular complexity index is 593. The van der Waals surface area contributed by atoms with Gasteiger partial charge in [-0.25, -0.2) is 0 Å². The number of allylic oxidation sites excluding steroid dienone is 3. The van der Waals surface area contributed by atoms with E-state index in [1.165, 1.54) is 23.3 Å². The maximum Gasteiger partial charge on any atom is 0.137 e. The van der Waals surface area contributed by atoms with Gasteiger partial charge in [-0.1, -0.05) is 43.7 Å². The number of rotatable bonds is 5. The lowest BCUT2D eigenvalue weighted by molar-refractivity contribution is -0.905. The van der Waals surface area contributed by atoms with Gasteiger partial charge in [0.15, 0.2) is 0 Å². The van der Waals surface area contributed by atoms with Crippen molar-refractivity contribution in [1.29, 1.82) is 0 Å². The second-order valence-electron chi connectivity index (χ2n) is 6.48. The molecule has 0 spiro atoms. The second kappa shape index (κ2) is 7.62. The lowest BCUT2D eigenvalue weighted by Gasteiger charge is -2.43. The highest BCUT2D eigenvalue weighted by Gasteiger charge is 2.36. The van der Waals surface area contributed by atoms with Gasteiger partial charge in [0, 0.05) is 42.7 Å². The Morgan fingerprint density at radius 1 is 1.09 bits per heavy atom. The van der Waals surface area contributed by atoms with Crippen molar-refractivity contribution in [3.8, 4) is 0 Å². The first kappa shape index (κ1) is 16.0. The van der Waals surface area contributed by atoms with Gasteiger partial charge in [0.25, 0.3) is 0 Å². The van der Waals surface area contributed by atoms with Gasteiger partial charge in [0.05, 0.1) is 13.1 Å². The van der Waals surface area contributed by atoms with Gasteiger partial charge in [-0.15, -0.1) is 0 Å². The molecule has 1 fully saturated rings. The molecule has 1 aromatic rings.